The van der Waals surface area contributed by atoms with E-state index in [1.54, 1.807) is 0 Å². The Morgan fingerprint density at radius 1 is 0.633 bits per heavy atom. The van der Waals surface area contributed by atoms with Crippen LogP contribution in [0.4, 0.5) is 0 Å². The summed E-state index contributed by atoms with van der Waals surface area (Å²) in [4.78, 5) is 25.4. The summed E-state index contributed by atoms with van der Waals surface area (Å²) in [5.74, 6) is -5.01. The number of carbonyl (C=O) groups excluding carboxylic acids is 2. The van der Waals surface area contributed by atoms with Crippen LogP contribution >= 0.6 is 0 Å². The fraction of sp³-hybridized carbons (Fsp3) is 0.906. The summed E-state index contributed by atoms with van der Waals surface area (Å²) in [6, 6.07) is 0. The van der Waals surface area contributed by atoms with Crippen LogP contribution in [0.2, 0.25) is 0 Å². The number of hydrogen-bond donors (Lipinski definition) is 16. The predicted molar refractivity (Wildman–Crippen MR) is 317 cm³/mol. The first-order chi connectivity index (χ1) is 46.3. The third-order valence-corrected chi connectivity index (χ3v) is 23.4. The minimum Gasteiger partial charge on any atom is -0.465 e. The lowest BCUT2D eigenvalue weighted by Gasteiger charge is -2.61. The Morgan fingerprint density at radius 2 is 1.27 bits per heavy atom. The van der Waals surface area contributed by atoms with Crippen LogP contribution in [0.25, 0.3) is 0 Å². The Morgan fingerprint density at radius 3 is 1.95 bits per heavy atom. The van der Waals surface area contributed by atoms with Gasteiger partial charge in [0.05, 0.1) is 82.7 Å². The summed E-state index contributed by atoms with van der Waals surface area (Å²) in [5.41, 5.74) is -2.55. The summed E-state index contributed by atoms with van der Waals surface area (Å²) in [6.07, 6.45) is -42.2. The first-order valence-electron chi connectivity index (χ1n) is 33.8. The van der Waals surface area contributed by atoms with Crippen LogP contribution in [0.1, 0.15) is 80.1 Å². The Kier molecular flexibility index (Phi) is 22.1. The first kappa shape index (κ1) is 74.9. The summed E-state index contributed by atoms with van der Waals surface area (Å²) < 4.78 is 98.6. The molecule has 1 spiro atoms. The number of ether oxygens (including phenoxy) is 16. The maximum absolute atomic E-state index is 12.8. The van der Waals surface area contributed by atoms with E-state index in [2.05, 4.69) is 26.5 Å². The maximum Gasteiger partial charge on any atom is 0.303 e. The number of aliphatic hydroxyl groups excluding tert-OH is 15. The third-order valence-electron chi connectivity index (χ3n) is 23.4. The molecule has 558 valence electrons. The highest BCUT2D eigenvalue weighted by molar-refractivity contribution is 5.66. The number of rotatable bonds is 17. The summed E-state index contributed by atoms with van der Waals surface area (Å²) in [6.45, 7) is 9.84. The molecule has 8 aliphatic heterocycles. The van der Waals surface area contributed by atoms with E-state index in [1.807, 2.05) is 0 Å². The summed E-state index contributed by atoms with van der Waals surface area (Å²) in [5, 5.41) is 177. The van der Waals surface area contributed by atoms with Crippen molar-refractivity contribution in [1.29, 1.82) is 0 Å². The second-order valence-electron chi connectivity index (χ2n) is 29.4. The molecule has 0 aromatic rings. The van der Waals surface area contributed by atoms with Crippen LogP contribution < -0.4 is 0 Å². The van der Waals surface area contributed by atoms with Gasteiger partial charge in [-0.1, -0.05) is 32.1 Å². The molecule has 8 heterocycles. The van der Waals surface area contributed by atoms with E-state index in [0.717, 1.165) is 12.5 Å². The van der Waals surface area contributed by atoms with Crippen LogP contribution in [-0.2, 0) is 85.4 Å². The van der Waals surface area contributed by atoms with E-state index in [-0.39, 0.29) is 49.4 Å². The molecule has 0 unspecified atom stereocenters. The van der Waals surface area contributed by atoms with Gasteiger partial charge in [0.15, 0.2) is 43.8 Å². The first-order valence-corrected chi connectivity index (χ1v) is 33.8. The number of hydrogen-bond acceptors (Lipinski definition) is 34. The normalized spacial score (nSPS) is 54.1. The standard InChI is InChI=1S/C64H98O34/c1-22-16-87-64(53(80)47(22)93-56-45(78)42(75)48(23(2)88-56)94-57-44(77)41(74)40(73)36(15-65)91-57)32(17-83-25(4)67)38-35(98-64)14-31-29-9-8-27-12-28(69)13-37(62(27,7)30(29)10-11-61(31,38)6)92-59-52(50(34(71)19-85-59)95-55-43(76)39(72)33(70)18-84-55)97-58-46(79)51(49(24(3)89-58)90-26(5)68)96-60-54(81)63(82,20-66)21-86-60/h8,23-24,28-60,65-66,69-82H,1,9-21H2,2-7H3/t23-,24+,28-,29-,30+,31+,32+,33-,34+,35+,36-,37-,38+,39+,40+,41+,42-,43-,44-,45-,46-,47+,48+,49+,50+,51+,52-,53+,54+,55+,56+,57+,58+,59+,60+,61+,62+,63-,64+/m1/s1. The molecule has 0 bridgehead atoms. The van der Waals surface area contributed by atoms with Crippen molar-refractivity contribution in [2.75, 3.05) is 46.2 Å². The van der Waals surface area contributed by atoms with Crippen molar-refractivity contribution in [2.24, 2.45) is 40.4 Å². The van der Waals surface area contributed by atoms with Gasteiger partial charge in [-0.3, -0.25) is 9.59 Å². The van der Waals surface area contributed by atoms with Crippen molar-refractivity contribution < 1.29 is 167 Å². The van der Waals surface area contributed by atoms with Crippen LogP contribution in [0, 0.1) is 40.4 Å². The zero-order valence-corrected chi connectivity index (χ0v) is 55.2. The second kappa shape index (κ2) is 28.9. The van der Waals surface area contributed by atoms with E-state index in [1.165, 1.54) is 20.8 Å². The van der Waals surface area contributed by atoms with Crippen molar-refractivity contribution in [2.45, 2.75) is 276 Å². The number of fused-ring (bicyclic) bond motifs is 7. The molecule has 98 heavy (non-hydrogen) atoms. The van der Waals surface area contributed by atoms with Gasteiger partial charge in [-0.05, 0) is 74.7 Å². The lowest BCUT2D eigenvalue weighted by molar-refractivity contribution is -0.387. The second-order valence-corrected chi connectivity index (χ2v) is 29.4. The molecule has 16 N–H and O–H groups in total. The Hall–Kier alpha value is -2.78. The van der Waals surface area contributed by atoms with E-state index in [4.69, 9.17) is 75.8 Å². The molecule has 3 saturated carbocycles. The lowest BCUT2D eigenvalue weighted by Crippen LogP contribution is -2.66. The summed E-state index contributed by atoms with van der Waals surface area (Å²) in [7, 11) is 0. The quantitative estimate of drug-likeness (QED) is 0.0476. The zero-order chi connectivity index (χ0) is 70.7. The molecule has 0 aromatic carbocycles. The number of esters is 2. The molecule has 0 radical (unpaired) electrons. The smallest absolute Gasteiger partial charge is 0.303 e. The van der Waals surface area contributed by atoms with E-state index in [0.29, 0.717) is 25.7 Å². The molecule has 34 heteroatoms. The van der Waals surface area contributed by atoms with Crippen molar-refractivity contribution in [1.82, 2.24) is 0 Å². The van der Waals surface area contributed by atoms with Crippen molar-refractivity contribution in [3.8, 4) is 0 Å². The van der Waals surface area contributed by atoms with Gasteiger partial charge in [0.2, 0.25) is 5.79 Å². The molecular formula is C64H98O34. The Labute approximate surface area is 563 Å². The van der Waals surface area contributed by atoms with Crippen LogP contribution in [0.15, 0.2) is 23.8 Å². The van der Waals surface area contributed by atoms with Gasteiger partial charge in [0, 0.05) is 31.6 Å². The van der Waals surface area contributed by atoms with E-state index >= 15 is 0 Å². The molecular weight excluding hydrogens is 1310 g/mol. The fourth-order valence-corrected chi connectivity index (χ4v) is 18.2. The largest absolute Gasteiger partial charge is 0.465 e. The molecule has 12 rings (SSSR count). The molecule has 34 nitrogen and oxygen atoms in total. The number of allylic oxidation sites excluding steroid dienone is 1. The van der Waals surface area contributed by atoms with Crippen LogP contribution in [0.5, 0.6) is 0 Å². The highest BCUT2D eigenvalue weighted by Gasteiger charge is 2.74. The Balaban J connectivity index is 0.794. The number of aliphatic hydroxyl groups is 16. The summed E-state index contributed by atoms with van der Waals surface area (Å²) >= 11 is 0. The topological polar surface area (TPSA) is 506 Å². The molecule has 12 aliphatic rings. The zero-order valence-electron chi connectivity index (χ0n) is 55.2. The lowest BCUT2D eigenvalue weighted by atomic mass is 9.46. The maximum atomic E-state index is 12.8. The van der Waals surface area contributed by atoms with E-state index < -0.39 is 263 Å². The van der Waals surface area contributed by atoms with Crippen LogP contribution in [0.3, 0.4) is 0 Å². The van der Waals surface area contributed by atoms with Gasteiger partial charge in [-0.25, -0.2) is 0 Å². The SMILES string of the molecule is C=C1CO[C@@]2(O[C@H]3C[C@H]4[C@@H]5CC=C6C[C@@H](O)C[C@@H](O[C@@H]7OC[C@H](O)[C@H](O[C@@H]8OC[C@@H](O)[C@H](O)[C@H]8O)[C@H]7O[C@@H]7O[C@@H](C)[C@H](OC(C)=O)[C@@H](O[C@@H]8OC[C@](O)(CO)[C@H]8O)[C@H]7O)[C@]6(C)[C@H]5CC[C@]4(C)[C@H]3[C@@H]2COC(C)=O)[C@@H](O)[C@H]1O[C@@H]1O[C@H](C)[C@H](O[C@@H]2O[C@H](CO)[C@H](O)[C@H](O)[C@H]2O)[C@H](O)[C@H]1O. The molecule has 0 amide bonds. The molecule has 39 atom stereocenters. The van der Waals surface area contributed by atoms with Gasteiger partial charge in [0.25, 0.3) is 0 Å². The van der Waals surface area contributed by atoms with Gasteiger partial charge in [-0.2, -0.15) is 0 Å². The van der Waals surface area contributed by atoms with Crippen molar-refractivity contribution >= 4 is 11.9 Å². The number of carbonyl (C=O) groups is 2. The van der Waals surface area contributed by atoms with E-state index in [9.17, 15) is 91.3 Å². The minimum atomic E-state index is -2.17. The monoisotopic (exact) mass is 1410 g/mol. The molecule has 4 aliphatic carbocycles. The molecule has 0 aromatic heterocycles. The average Bonchev–Trinajstić information content (AvgIpc) is 1.59. The van der Waals surface area contributed by atoms with Gasteiger partial charge in [0.1, 0.15) is 115 Å². The average molecular weight is 1410 g/mol. The van der Waals surface area contributed by atoms with Gasteiger partial charge in [-0.15, -0.1) is 0 Å². The van der Waals surface area contributed by atoms with Crippen molar-refractivity contribution in [3.63, 3.8) is 0 Å². The highest BCUT2D eigenvalue weighted by atomic mass is 16.8. The minimum absolute atomic E-state index is 0.0417. The van der Waals surface area contributed by atoms with Gasteiger partial charge >= 0.3 is 11.9 Å². The molecule has 11 fully saturated rings. The third kappa shape index (κ3) is 13.2. The van der Waals surface area contributed by atoms with Crippen molar-refractivity contribution in [3.05, 3.63) is 23.8 Å². The Bertz CT molecular complexity index is 2840. The highest BCUT2D eigenvalue weighted by Crippen LogP contribution is 2.71. The molecule has 8 saturated heterocycles. The predicted octanol–water partition coefficient (Wildman–Crippen LogP) is -6.42. The fourth-order valence-electron chi connectivity index (χ4n) is 18.2. The van der Waals surface area contributed by atoms with Gasteiger partial charge < -0.3 is 157 Å². The van der Waals surface area contributed by atoms with Crippen LogP contribution in [-0.4, -0.2) is 336 Å².